The number of aryl methyl sites for hydroxylation is 1. The Labute approximate surface area is 217 Å². The van der Waals surface area contributed by atoms with Gasteiger partial charge in [-0.25, -0.2) is 4.57 Å². The van der Waals surface area contributed by atoms with Crippen molar-refractivity contribution in [3.05, 3.63) is 138 Å². The van der Waals surface area contributed by atoms with Gasteiger partial charge in [0.25, 0.3) is 0 Å². The first-order valence-electron chi connectivity index (χ1n) is 12.4. The summed E-state index contributed by atoms with van der Waals surface area (Å²) in [5.74, 6) is -0.0488. The van der Waals surface area contributed by atoms with Crippen molar-refractivity contribution in [2.75, 3.05) is 0 Å². The molecule has 2 unspecified atom stereocenters. The van der Waals surface area contributed by atoms with Gasteiger partial charge in [0.15, 0.2) is 0 Å². The number of alkyl halides is 2. The molecule has 0 aliphatic carbocycles. The van der Waals surface area contributed by atoms with E-state index in [1.165, 1.54) is 28.8 Å². The smallest absolute Gasteiger partial charge is 0.421 e. The highest BCUT2D eigenvalue weighted by molar-refractivity contribution is 7.53. The van der Waals surface area contributed by atoms with Crippen molar-refractivity contribution < 1.29 is 22.8 Å². The summed E-state index contributed by atoms with van der Waals surface area (Å²) in [5.41, 5.74) is 4.57. The lowest BCUT2D eigenvalue weighted by molar-refractivity contribution is 0.188. The minimum Gasteiger partial charge on any atom is -0.421 e. The highest BCUT2D eigenvalue weighted by Gasteiger charge is 2.35. The molecule has 0 bridgehead atoms. The van der Waals surface area contributed by atoms with Crippen LogP contribution in [-0.4, -0.2) is 11.1 Å². The molecule has 0 radical (unpaired) electrons. The van der Waals surface area contributed by atoms with Crippen molar-refractivity contribution >= 4 is 7.60 Å². The lowest BCUT2D eigenvalue weighted by Crippen LogP contribution is -2.32. The summed E-state index contributed by atoms with van der Waals surface area (Å²) in [4.78, 5) is 9.39. The predicted octanol–water partition coefficient (Wildman–Crippen LogP) is 8.22. The SMILES string of the molecule is O=P(O)(Oc1ccc(CC(CCCc2ccccc2)(Cc2ccccc2)c2ccccc2)cc1)C(F)F. The van der Waals surface area contributed by atoms with E-state index in [9.17, 15) is 18.2 Å². The first-order chi connectivity index (χ1) is 17.9. The highest BCUT2D eigenvalue weighted by atomic mass is 31.2. The lowest BCUT2D eigenvalue weighted by atomic mass is 9.68. The summed E-state index contributed by atoms with van der Waals surface area (Å²) >= 11 is 0. The third-order valence-corrected chi connectivity index (χ3v) is 7.65. The van der Waals surface area contributed by atoms with Gasteiger partial charge in [0.1, 0.15) is 5.75 Å². The minimum atomic E-state index is -5.01. The Bertz CT molecular complexity index is 1280. The maximum atomic E-state index is 12.8. The van der Waals surface area contributed by atoms with Crippen molar-refractivity contribution in [2.24, 2.45) is 0 Å². The zero-order chi connectivity index (χ0) is 26.1. The van der Waals surface area contributed by atoms with E-state index in [0.717, 1.165) is 31.2 Å². The summed E-state index contributed by atoms with van der Waals surface area (Å²) in [6.07, 6.45) is 1.00. The van der Waals surface area contributed by atoms with Crippen molar-refractivity contribution in [3.8, 4) is 5.75 Å². The van der Waals surface area contributed by atoms with Gasteiger partial charge in [-0.15, -0.1) is 0 Å². The number of benzene rings is 4. The average molecular weight is 521 g/mol. The largest absolute Gasteiger partial charge is 0.442 e. The van der Waals surface area contributed by atoms with E-state index in [4.69, 9.17) is 4.52 Å². The molecule has 4 rings (SSSR count). The van der Waals surface area contributed by atoms with Gasteiger partial charge < -0.3 is 9.42 Å². The second-order valence-corrected chi connectivity index (χ2v) is 11.1. The fourth-order valence-corrected chi connectivity index (χ4v) is 5.39. The predicted molar refractivity (Wildman–Crippen MR) is 144 cm³/mol. The zero-order valence-corrected chi connectivity index (χ0v) is 21.4. The topological polar surface area (TPSA) is 46.5 Å². The molecule has 0 aromatic heterocycles. The molecule has 4 aromatic rings. The molecule has 0 amide bonds. The van der Waals surface area contributed by atoms with Gasteiger partial charge >= 0.3 is 13.8 Å². The second kappa shape index (κ2) is 12.3. The second-order valence-electron chi connectivity index (χ2n) is 9.40. The van der Waals surface area contributed by atoms with Gasteiger partial charge in [-0.05, 0) is 66.5 Å². The molecular formula is C31H31F2O3P. The van der Waals surface area contributed by atoms with Crippen LogP contribution in [0.4, 0.5) is 8.78 Å². The summed E-state index contributed by atoms with van der Waals surface area (Å²) in [5, 5.41) is 0. The third-order valence-electron chi connectivity index (χ3n) is 6.68. The van der Waals surface area contributed by atoms with Crippen LogP contribution in [0.3, 0.4) is 0 Å². The number of rotatable bonds is 12. The van der Waals surface area contributed by atoms with Crippen LogP contribution in [0.15, 0.2) is 115 Å². The minimum absolute atomic E-state index is 0.0488. The van der Waals surface area contributed by atoms with Crippen LogP contribution in [0.2, 0.25) is 0 Å². The molecule has 192 valence electrons. The molecule has 0 aliphatic heterocycles. The zero-order valence-electron chi connectivity index (χ0n) is 20.5. The van der Waals surface area contributed by atoms with Gasteiger partial charge in [0.05, 0.1) is 0 Å². The van der Waals surface area contributed by atoms with E-state index in [1.54, 1.807) is 12.1 Å². The van der Waals surface area contributed by atoms with Crippen LogP contribution in [0.25, 0.3) is 0 Å². The van der Waals surface area contributed by atoms with Crippen LogP contribution >= 0.6 is 7.60 Å². The molecule has 4 aromatic carbocycles. The van der Waals surface area contributed by atoms with Gasteiger partial charge in [0.2, 0.25) is 0 Å². The molecule has 37 heavy (non-hydrogen) atoms. The van der Waals surface area contributed by atoms with Crippen molar-refractivity contribution in [3.63, 3.8) is 0 Å². The normalized spacial score (nSPS) is 14.6. The Kier molecular flexibility index (Phi) is 8.91. The molecule has 0 saturated heterocycles. The van der Waals surface area contributed by atoms with E-state index < -0.39 is 13.8 Å². The molecule has 1 N–H and O–H groups in total. The van der Waals surface area contributed by atoms with E-state index >= 15 is 0 Å². The number of hydrogen-bond donors (Lipinski definition) is 1. The third kappa shape index (κ3) is 7.38. The molecule has 0 heterocycles. The van der Waals surface area contributed by atoms with E-state index in [2.05, 4.69) is 72.8 Å². The van der Waals surface area contributed by atoms with Crippen LogP contribution in [0, 0.1) is 0 Å². The molecule has 0 spiro atoms. The summed E-state index contributed by atoms with van der Waals surface area (Å²) in [6.45, 7) is 0. The van der Waals surface area contributed by atoms with Gasteiger partial charge in [-0.2, -0.15) is 8.78 Å². The molecule has 0 aliphatic rings. The van der Waals surface area contributed by atoms with E-state index in [-0.39, 0.29) is 11.2 Å². The van der Waals surface area contributed by atoms with Crippen LogP contribution in [-0.2, 0) is 29.2 Å². The number of halogens is 2. The summed E-state index contributed by atoms with van der Waals surface area (Å²) in [6, 6.07) is 37.9. The molecule has 2 atom stereocenters. The lowest BCUT2D eigenvalue weighted by Gasteiger charge is -2.36. The van der Waals surface area contributed by atoms with Crippen molar-refractivity contribution in [2.45, 2.75) is 43.7 Å². The summed E-state index contributed by atoms with van der Waals surface area (Å²) < 4.78 is 41.9. The van der Waals surface area contributed by atoms with Crippen LogP contribution < -0.4 is 4.52 Å². The van der Waals surface area contributed by atoms with E-state index in [1.807, 2.05) is 18.2 Å². The standard InChI is InChI=1S/C31H31F2O3P/c32-30(33)37(34,35)36-29-20-18-27(19-21-29)24-31(28-16-8-3-9-17-28,23-26-13-6-2-7-14-26)22-10-15-25-11-4-1-5-12-25/h1-9,11-14,16-21,30H,10,15,22-24H2,(H,34,35). The quantitative estimate of drug-likeness (QED) is 0.192. The average Bonchev–Trinajstić information content (AvgIpc) is 2.91. The first-order valence-corrected chi connectivity index (χ1v) is 14.0. The summed E-state index contributed by atoms with van der Waals surface area (Å²) in [7, 11) is -5.01. The van der Waals surface area contributed by atoms with Gasteiger partial charge in [0, 0.05) is 5.41 Å². The number of hydrogen-bond acceptors (Lipinski definition) is 2. The Morgan fingerprint density at radius 2 is 1.19 bits per heavy atom. The monoisotopic (exact) mass is 520 g/mol. The molecule has 6 heteroatoms. The Hall–Kier alpha value is -3.27. The fraction of sp³-hybridized carbons (Fsp3) is 0.226. The molecule has 3 nitrogen and oxygen atoms in total. The maximum absolute atomic E-state index is 12.8. The fourth-order valence-electron chi connectivity index (χ4n) is 4.89. The Morgan fingerprint density at radius 1 is 0.703 bits per heavy atom. The van der Waals surface area contributed by atoms with Crippen molar-refractivity contribution in [1.82, 2.24) is 0 Å². The van der Waals surface area contributed by atoms with E-state index in [0.29, 0.717) is 6.42 Å². The maximum Gasteiger partial charge on any atom is 0.442 e. The first kappa shape index (κ1) is 26.8. The molecular weight excluding hydrogens is 489 g/mol. The van der Waals surface area contributed by atoms with Crippen LogP contribution in [0.1, 0.15) is 35.1 Å². The Balaban J connectivity index is 1.64. The molecule has 0 fully saturated rings. The van der Waals surface area contributed by atoms with Crippen molar-refractivity contribution in [1.29, 1.82) is 0 Å². The molecule has 0 saturated carbocycles. The van der Waals surface area contributed by atoms with Gasteiger partial charge in [-0.1, -0.05) is 103 Å². The van der Waals surface area contributed by atoms with Crippen LogP contribution in [0.5, 0.6) is 5.75 Å². The highest BCUT2D eigenvalue weighted by Crippen LogP contribution is 2.49. The van der Waals surface area contributed by atoms with Gasteiger partial charge in [-0.3, -0.25) is 0 Å². The Morgan fingerprint density at radius 3 is 1.73 bits per heavy atom.